The number of rotatable bonds is 8. The quantitative estimate of drug-likeness (QED) is 0.564. The lowest BCUT2D eigenvalue weighted by Gasteiger charge is -2.23. The smallest absolute Gasteiger partial charge is 0.241 e. The Hall–Kier alpha value is -2.63. The molecular weight excluding hydrogens is 368 g/mol. The number of nitrogens with one attached hydrogen (secondary N) is 2. The SMILES string of the molecule is CCc1ccc([C@H](N[C@H](C)C(=O)Nc2ccccc2OC)c2cccs2)cc1. The number of aryl methyl sites for hydroxylation is 1. The summed E-state index contributed by atoms with van der Waals surface area (Å²) < 4.78 is 5.32. The van der Waals surface area contributed by atoms with E-state index in [0.29, 0.717) is 11.4 Å². The molecule has 146 valence electrons. The maximum Gasteiger partial charge on any atom is 0.241 e. The van der Waals surface area contributed by atoms with E-state index in [1.807, 2.05) is 37.3 Å². The van der Waals surface area contributed by atoms with Crippen LogP contribution in [0.15, 0.2) is 66.0 Å². The predicted molar refractivity (Wildman–Crippen MR) is 116 cm³/mol. The summed E-state index contributed by atoms with van der Waals surface area (Å²) in [5, 5.41) is 8.51. The van der Waals surface area contributed by atoms with Crippen molar-refractivity contribution in [1.29, 1.82) is 0 Å². The molecule has 0 radical (unpaired) electrons. The molecule has 2 atom stereocenters. The van der Waals surface area contributed by atoms with E-state index in [2.05, 4.69) is 53.3 Å². The fourth-order valence-corrected chi connectivity index (χ4v) is 3.87. The predicted octanol–water partition coefficient (Wildman–Crippen LogP) is 5.03. The molecule has 1 heterocycles. The highest BCUT2D eigenvalue weighted by molar-refractivity contribution is 7.10. The summed E-state index contributed by atoms with van der Waals surface area (Å²) in [6.45, 7) is 4.03. The van der Waals surface area contributed by atoms with E-state index in [0.717, 1.165) is 12.0 Å². The Morgan fingerprint density at radius 3 is 2.46 bits per heavy atom. The molecule has 4 nitrogen and oxygen atoms in total. The topological polar surface area (TPSA) is 50.4 Å². The van der Waals surface area contributed by atoms with Crippen molar-refractivity contribution >= 4 is 22.9 Å². The van der Waals surface area contributed by atoms with Crippen molar-refractivity contribution in [3.63, 3.8) is 0 Å². The van der Waals surface area contributed by atoms with Gasteiger partial charge in [-0.05, 0) is 48.1 Å². The minimum atomic E-state index is -0.386. The molecule has 1 aromatic heterocycles. The number of thiophene rings is 1. The standard InChI is InChI=1S/C23H26N2O2S/c1-4-17-11-13-18(14-12-17)22(21-10-7-15-28-21)24-16(2)23(26)25-19-8-5-6-9-20(19)27-3/h5-16,22,24H,4H2,1-3H3,(H,25,26)/t16-,22+/m1/s1. The number of hydrogen-bond acceptors (Lipinski definition) is 4. The first-order valence-corrected chi connectivity index (χ1v) is 10.3. The lowest BCUT2D eigenvalue weighted by atomic mass is 10.0. The van der Waals surface area contributed by atoms with E-state index < -0.39 is 0 Å². The lowest BCUT2D eigenvalue weighted by molar-refractivity contribution is -0.117. The van der Waals surface area contributed by atoms with Gasteiger partial charge in [0.05, 0.1) is 24.9 Å². The van der Waals surface area contributed by atoms with Gasteiger partial charge in [-0.25, -0.2) is 0 Å². The fourth-order valence-electron chi connectivity index (χ4n) is 3.06. The van der Waals surface area contributed by atoms with Gasteiger partial charge in [0.1, 0.15) is 5.75 Å². The molecule has 1 amide bonds. The Kier molecular flexibility index (Phi) is 6.85. The normalized spacial score (nSPS) is 13.0. The van der Waals surface area contributed by atoms with Crippen molar-refractivity contribution in [2.45, 2.75) is 32.4 Å². The first-order valence-electron chi connectivity index (χ1n) is 9.44. The van der Waals surface area contributed by atoms with Crippen LogP contribution >= 0.6 is 11.3 Å². The van der Waals surface area contributed by atoms with E-state index in [-0.39, 0.29) is 18.0 Å². The second-order valence-electron chi connectivity index (χ2n) is 6.62. The van der Waals surface area contributed by atoms with Crippen molar-refractivity contribution < 1.29 is 9.53 Å². The number of methoxy groups -OCH3 is 1. The molecule has 0 aliphatic heterocycles. The number of para-hydroxylation sites is 2. The van der Waals surface area contributed by atoms with Gasteiger partial charge in [0, 0.05) is 4.88 Å². The first-order chi connectivity index (χ1) is 13.6. The van der Waals surface area contributed by atoms with Crippen LogP contribution in [0.4, 0.5) is 5.69 Å². The second-order valence-corrected chi connectivity index (χ2v) is 7.60. The summed E-state index contributed by atoms with van der Waals surface area (Å²) in [7, 11) is 1.60. The van der Waals surface area contributed by atoms with Gasteiger partial charge in [-0.1, -0.05) is 49.4 Å². The molecule has 28 heavy (non-hydrogen) atoms. The summed E-state index contributed by atoms with van der Waals surface area (Å²) in [4.78, 5) is 14.0. The van der Waals surface area contributed by atoms with Crippen LogP contribution in [0.3, 0.4) is 0 Å². The van der Waals surface area contributed by atoms with E-state index in [4.69, 9.17) is 4.74 Å². The van der Waals surface area contributed by atoms with Gasteiger partial charge in [0.25, 0.3) is 0 Å². The number of benzene rings is 2. The molecule has 0 spiro atoms. The molecule has 3 aromatic rings. The van der Waals surface area contributed by atoms with Gasteiger partial charge in [0.15, 0.2) is 0 Å². The molecule has 0 aliphatic rings. The Balaban J connectivity index is 1.77. The molecule has 0 fully saturated rings. The van der Waals surface area contributed by atoms with Crippen LogP contribution in [0.2, 0.25) is 0 Å². The van der Waals surface area contributed by atoms with Crippen molar-refractivity contribution in [1.82, 2.24) is 5.32 Å². The van der Waals surface area contributed by atoms with Crippen LogP contribution in [-0.2, 0) is 11.2 Å². The van der Waals surface area contributed by atoms with Crippen molar-refractivity contribution in [3.8, 4) is 5.75 Å². The third-order valence-corrected chi connectivity index (χ3v) is 5.66. The zero-order chi connectivity index (χ0) is 19.9. The largest absolute Gasteiger partial charge is 0.495 e. The number of hydrogen-bond donors (Lipinski definition) is 2. The Labute approximate surface area is 170 Å². The maximum absolute atomic E-state index is 12.8. The number of carbonyl (C=O) groups is 1. The van der Waals surface area contributed by atoms with Crippen LogP contribution in [0.25, 0.3) is 0 Å². The molecular formula is C23H26N2O2S. The third-order valence-electron chi connectivity index (χ3n) is 4.72. The van der Waals surface area contributed by atoms with Crippen LogP contribution in [0, 0.1) is 0 Å². The minimum absolute atomic E-state index is 0.0377. The Morgan fingerprint density at radius 2 is 1.82 bits per heavy atom. The molecule has 5 heteroatoms. The van der Waals surface area contributed by atoms with Gasteiger partial charge in [-0.2, -0.15) is 0 Å². The summed E-state index contributed by atoms with van der Waals surface area (Å²) in [5.74, 6) is 0.546. The fraction of sp³-hybridized carbons (Fsp3) is 0.261. The molecule has 3 rings (SSSR count). The van der Waals surface area contributed by atoms with Gasteiger partial charge in [0.2, 0.25) is 5.91 Å². The highest BCUT2D eigenvalue weighted by atomic mass is 32.1. The van der Waals surface area contributed by atoms with Crippen molar-refractivity contribution in [2.75, 3.05) is 12.4 Å². The first kappa shape index (κ1) is 20.1. The Bertz CT molecular complexity index is 891. The van der Waals surface area contributed by atoms with Crippen LogP contribution < -0.4 is 15.4 Å². The van der Waals surface area contributed by atoms with Crippen molar-refractivity contribution in [3.05, 3.63) is 82.0 Å². The molecule has 0 saturated heterocycles. The van der Waals surface area contributed by atoms with Crippen molar-refractivity contribution in [2.24, 2.45) is 0 Å². The average Bonchev–Trinajstić information content (AvgIpc) is 3.27. The maximum atomic E-state index is 12.8. The molecule has 0 unspecified atom stereocenters. The number of carbonyl (C=O) groups excluding carboxylic acids is 1. The molecule has 0 bridgehead atoms. The highest BCUT2D eigenvalue weighted by Gasteiger charge is 2.22. The average molecular weight is 395 g/mol. The van der Waals surface area contributed by atoms with E-state index in [1.54, 1.807) is 18.4 Å². The van der Waals surface area contributed by atoms with E-state index in [9.17, 15) is 4.79 Å². The van der Waals surface area contributed by atoms with Gasteiger partial charge in [-0.15, -0.1) is 11.3 Å². The second kappa shape index (κ2) is 9.53. The van der Waals surface area contributed by atoms with Gasteiger partial charge < -0.3 is 10.1 Å². The summed E-state index contributed by atoms with van der Waals surface area (Å²) in [6, 6.07) is 19.7. The zero-order valence-electron chi connectivity index (χ0n) is 16.4. The molecule has 0 aliphatic carbocycles. The summed E-state index contributed by atoms with van der Waals surface area (Å²) in [5.41, 5.74) is 3.12. The summed E-state index contributed by atoms with van der Waals surface area (Å²) >= 11 is 1.69. The molecule has 2 N–H and O–H groups in total. The third kappa shape index (κ3) is 4.80. The minimum Gasteiger partial charge on any atom is -0.495 e. The number of ether oxygens (including phenoxy) is 1. The monoisotopic (exact) mass is 394 g/mol. The van der Waals surface area contributed by atoms with Crippen LogP contribution in [0.1, 0.15) is 35.9 Å². The molecule has 0 saturated carbocycles. The van der Waals surface area contributed by atoms with Gasteiger partial charge in [-0.3, -0.25) is 10.1 Å². The van der Waals surface area contributed by atoms with E-state index >= 15 is 0 Å². The highest BCUT2D eigenvalue weighted by Crippen LogP contribution is 2.28. The van der Waals surface area contributed by atoms with E-state index in [1.165, 1.54) is 10.4 Å². The number of amides is 1. The Morgan fingerprint density at radius 1 is 1.07 bits per heavy atom. The van der Waals surface area contributed by atoms with Crippen LogP contribution in [-0.4, -0.2) is 19.1 Å². The number of anilines is 1. The van der Waals surface area contributed by atoms with Gasteiger partial charge >= 0.3 is 0 Å². The molecule has 2 aromatic carbocycles. The summed E-state index contributed by atoms with van der Waals surface area (Å²) in [6.07, 6.45) is 1.01. The zero-order valence-corrected chi connectivity index (χ0v) is 17.3. The van der Waals surface area contributed by atoms with Crippen LogP contribution in [0.5, 0.6) is 5.75 Å². The lowest BCUT2D eigenvalue weighted by Crippen LogP contribution is -2.40.